The summed E-state index contributed by atoms with van der Waals surface area (Å²) >= 11 is 0. The molecule has 0 rings (SSSR count). The number of carboxylic acids is 2. The fourth-order valence-electron chi connectivity index (χ4n) is 0.993. The first-order valence-electron chi connectivity index (χ1n) is 4.64. The van der Waals surface area contributed by atoms with Gasteiger partial charge in [0.05, 0.1) is 19.4 Å². The number of hydrogen-bond donors (Lipinski definition) is 4. The number of carbonyl (C=O) groups excluding carboxylic acids is 1. The molecule has 0 spiro atoms. The second-order valence-electron chi connectivity index (χ2n) is 3.30. The van der Waals surface area contributed by atoms with E-state index in [9.17, 15) is 19.5 Å². The molecule has 0 aromatic heterocycles. The van der Waals surface area contributed by atoms with E-state index in [1.54, 1.807) is 0 Å². The summed E-state index contributed by atoms with van der Waals surface area (Å²) in [7, 11) is 1.38. The lowest BCUT2D eigenvalue weighted by atomic mass is 9.96. The number of carbonyl (C=O) groups is 3. The van der Waals surface area contributed by atoms with Crippen molar-refractivity contribution in [3.63, 3.8) is 0 Å². The normalized spacial score (nSPS) is 13.0. The summed E-state index contributed by atoms with van der Waals surface area (Å²) in [6, 6.07) is 0. The van der Waals surface area contributed by atoms with Crippen molar-refractivity contribution >= 4 is 17.9 Å². The number of ether oxygens (including phenoxy) is 2. The van der Waals surface area contributed by atoms with Crippen LogP contribution in [0.5, 0.6) is 0 Å². The molecule has 0 radical (unpaired) electrons. The molecule has 0 amide bonds. The first-order valence-corrected chi connectivity index (χ1v) is 4.64. The fraction of sp³-hybridized carbons (Fsp3) is 0.667. The van der Waals surface area contributed by atoms with Gasteiger partial charge < -0.3 is 30.9 Å². The van der Waals surface area contributed by atoms with E-state index in [0.717, 1.165) is 0 Å². The van der Waals surface area contributed by atoms with Gasteiger partial charge >= 0.3 is 17.9 Å². The second kappa shape index (κ2) is 8.39. The number of carboxylic acid groups (broad SMARTS) is 2. The molecule has 0 saturated heterocycles. The first kappa shape index (κ1) is 18.6. The molecule has 0 bridgehead atoms. The van der Waals surface area contributed by atoms with Gasteiger partial charge in [-0.2, -0.15) is 0 Å². The third-order valence-corrected chi connectivity index (χ3v) is 1.83. The molecule has 0 heterocycles. The molecule has 0 aliphatic carbocycles. The number of hydrogen-bond acceptors (Lipinski definition) is 7. The van der Waals surface area contributed by atoms with Crippen LogP contribution in [0.1, 0.15) is 12.8 Å². The van der Waals surface area contributed by atoms with Gasteiger partial charge in [0.2, 0.25) is 0 Å². The zero-order valence-electron chi connectivity index (χ0n) is 9.92. The van der Waals surface area contributed by atoms with Gasteiger partial charge in [-0.05, 0) is 0 Å². The van der Waals surface area contributed by atoms with E-state index in [1.807, 2.05) is 0 Å². The van der Waals surface area contributed by atoms with Crippen molar-refractivity contribution in [2.24, 2.45) is 0 Å². The van der Waals surface area contributed by atoms with E-state index in [0.29, 0.717) is 0 Å². The van der Waals surface area contributed by atoms with Crippen molar-refractivity contribution in [2.75, 3.05) is 20.3 Å². The van der Waals surface area contributed by atoms with Crippen molar-refractivity contribution in [3.8, 4) is 0 Å². The highest BCUT2D eigenvalue weighted by molar-refractivity contribution is 5.88. The van der Waals surface area contributed by atoms with E-state index >= 15 is 0 Å². The minimum atomic E-state index is -2.66. The van der Waals surface area contributed by atoms with Crippen molar-refractivity contribution in [1.29, 1.82) is 0 Å². The smallest absolute Gasteiger partial charge is 0.336 e. The number of rotatable bonds is 8. The monoisotopic (exact) mass is 267 g/mol. The van der Waals surface area contributed by atoms with Crippen LogP contribution in [-0.2, 0) is 23.9 Å². The lowest BCUT2D eigenvalue weighted by molar-refractivity contribution is -0.172. The van der Waals surface area contributed by atoms with Crippen LogP contribution in [0.2, 0.25) is 0 Å². The Kier molecular flexibility index (Phi) is 8.69. The molecule has 106 valence electrons. The zero-order chi connectivity index (χ0) is 13.5. The lowest BCUT2D eigenvalue weighted by Crippen LogP contribution is -2.43. The van der Waals surface area contributed by atoms with Crippen LogP contribution >= 0.6 is 0 Å². The average molecular weight is 267 g/mol. The van der Waals surface area contributed by atoms with Crippen LogP contribution < -0.4 is 6.15 Å². The molecule has 1 atom stereocenters. The summed E-state index contributed by atoms with van der Waals surface area (Å²) in [4.78, 5) is 32.2. The van der Waals surface area contributed by atoms with Gasteiger partial charge in [-0.1, -0.05) is 0 Å². The Bertz CT molecular complexity index is 305. The molecule has 0 fully saturated rings. The highest BCUT2D eigenvalue weighted by Crippen LogP contribution is 2.16. The molecule has 0 saturated carbocycles. The minimum Gasteiger partial charge on any atom is -0.481 e. The van der Waals surface area contributed by atoms with Crippen molar-refractivity contribution < 1.29 is 39.2 Å². The van der Waals surface area contributed by atoms with Gasteiger partial charge in [0.1, 0.15) is 6.61 Å². The third-order valence-electron chi connectivity index (χ3n) is 1.83. The lowest BCUT2D eigenvalue weighted by Gasteiger charge is -2.20. The molecule has 0 aromatic rings. The maximum Gasteiger partial charge on any atom is 0.336 e. The summed E-state index contributed by atoms with van der Waals surface area (Å²) in [6.07, 6.45) is -2.01. The Balaban J connectivity index is 0. The van der Waals surface area contributed by atoms with Crippen molar-refractivity contribution in [2.45, 2.75) is 18.4 Å². The van der Waals surface area contributed by atoms with Gasteiger partial charge in [-0.3, -0.25) is 9.59 Å². The highest BCUT2D eigenvalue weighted by Gasteiger charge is 2.41. The standard InChI is InChI=1S/C9H14O8.H3N/c1-16-2-3-17-7(12)5-9(15,8(13)14)4-6(10)11;/h15H,2-5H2,1H3,(H,10,11)(H,13,14);1H3. The fourth-order valence-corrected chi connectivity index (χ4v) is 0.993. The maximum atomic E-state index is 11.1. The van der Waals surface area contributed by atoms with Crippen LogP contribution in [0.4, 0.5) is 0 Å². The molecule has 0 aliphatic rings. The Morgan fingerprint density at radius 3 is 2.06 bits per heavy atom. The van der Waals surface area contributed by atoms with Gasteiger partial charge in [0, 0.05) is 7.11 Å². The Labute approximate surface area is 103 Å². The predicted molar refractivity (Wildman–Crippen MR) is 57.3 cm³/mol. The molecule has 1 unspecified atom stereocenters. The Morgan fingerprint density at radius 2 is 1.67 bits per heavy atom. The molecule has 0 aliphatic heterocycles. The quantitative estimate of drug-likeness (QED) is 0.319. The van der Waals surface area contributed by atoms with E-state index in [4.69, 9.17) is 10.2 Å². The number of aliphatic carboxylic acids is 2. The number of methoxy groups -OCH3 is 1. The average Bonchev–Trinajstić information content (AvgIpc) is 2.16. The number of aliphatic hydroxyl groups is 1. The van der Waals surface area contributed by atoms with Crippen LogP contribution in [0.25, 0.3) is 0 Å². The predicted octanol–water partition coefficient (Wildman–Crippen LogP) is -0.981. The van der Waals surface area contributed by atoms with Gasteiger partial charge in [0.25, 0.3) is 0 Å². The van der Waals surface area contributed by atoms with Crippen LogP contribution in [-0.4, -0.2) is 59.2 Å². The summed E-state index contributed by atoms with van der Waals surface area (Å²) in [5.41, 5.74) is -2.66. The SMILES string of the molecule is COCCOC(=O)CC(O)(CC(=O)O)C(=O)O.N. The van der Waals surface area contributed by atoms with E-state index in [1.165, 1.54) is 7.11 Å². The molecule has 0 aromatic carbocycles. The molecular formula is C9H17NO8. The Morgan fingerprint density at radius 1 is 1.11 bits per heavy atom. The van der Waals surface area contributed by atoms with E-state index in [-0.39, 0.29) is 19.4 Å². The van der Waals surface area contributed by atoms with Crippen molar-refractivity contribution in [1.82, 2.24) is 6.15 Å². The number of esters is 1. The van der Waals surface area contributed by atoms with Crippen LogP contribution in [0.3, 0.4) is 0 Å². The molecule has 9 heteroatoms. The summed E-state index contributed by atoms with van der Waals surface area (Å²) < 4.78 is 9.11. The summed E-state index contributed by atoms with van der Waals surface area (Å²) in [6.45, 7) is 0.0221. The summed E-state index contributed by atoms with van der Waals surface area (Å²) in [5, 5.41) is 26.6. The molecular weight excluding hydrogens is 250 g/mol. The summed E-state index contributed by atoms with van der Waals surface area (Å²) in [5.74, 6) is -4.32. The first-order chi connectivity index (χ1) is 7.81. The Hall–Kier alpha value is -1.71. The van der Waals surface area contributed by atoms with Gasteiger partial charge in [-0.25, -0.2) is 4.79 Å². The highest BCUT2D eigenvalue weighted by atomic mass is 16.6. The topological polar surface area (TPSA) is 165 Å². The van der Waals surface area contributed by atoms with Crippen LogP contribution in [0.15, 0.2) is 0 Å². The molecule has 9 nitrogen and oxygen atoms in total. The van der Waals surface area contributed by atoms with Gasteiger partial charge in [0.15, 0.2) is 5.60 Å². The maximum absolute atomic E-state index is 11.1. The zero-order valence-corrected chi connectivity index (χ0v) is 9.92. The molecule has 18 heavy (non-hydrogen) atoms. The minimum absolute atomic E-state index is 0. The largest absolute Gasteiger partial charge is 0.481 e. The van der Waals surface area contributed by atoms with E-state index in [2.05, 4.69) is 9.47 Å². The van der Waals surface area contributed by atoms with Gasteiger partial charge in [-0.15, -0.1) is 0 Å². The van der Waals surface area contributed by atoms with Crippen molar-refractivity contribution in [3.05, 3.63) is 0 Å². The molecule has 6 N–H and O–H groups in total. The van der Waals surface area contributed by atoms with E-state index < -0.39 is 36.4 Å². The van der Waals surface area contributed by atoms with Crippen LogP contribution in [0, 0.1) is 0 Å². The second-order valence-corrected chi connectivity index (χ2v) is 3.30. The third kappa shape index (κ3) is 6.78.